The summed E-state index contributed by atoms with van der Waals surface area (Å²) in [5.74, 6) is 2.24. The van der Waals surface area contributed by atoms with Gasteiger partial charge in [0.15, 0.2) is 14.1 Å². The molecule has 166 valence electrons. The van der Waals surface area contributed by atoms with Crippen LogP contribution in [0.4, 0.5) is 0 Å². The fourth-order valence-corrected chi connectivity index (χ4v) is 7.58. The van der Waals surface area contributed by atoms with Gasteiger partial charge in [-0.2, -0.15) is 0 Å². The van der Waals surface area contributed by atoms with Crippen molar-refractivity contribution in [1.29, 1.82) is 0 Å². The van der Waals surface area contributed by atoms with Crippen molar-refractivity contribution in [3.05, 3.63) is 23.3 Å². The Hall–Kier alpha value is -1.00. The van der Waals surface area contributed by atoms with Crippen molar-refractivity contribution in [1.82, 2.24) is 0 Å². The van der Waals surface area contributed by atoms with Gasteiger partial charge in [-0.25, -0.2) is 0 Å². The molecule has 0 aromatic rings. The second kappa shape index (κ2) is 7.00. The number of fused-ring (bicyclic) bond motifs is 5. The summed E-state index contributed by atoms with van der Waals surface area (Å²) in [4.78, 5) is 25.6. The number of carbonyl (C=O) groups is 2. The van der Waals surface area contributed by atoms with Gasteiger partial charge in [0.2, 0.25) is 0 Å². The third-order valence-corrected chi connectivity index (χ3v) is 14.4. The van der Waals surface area contributed by atoms with Crippen molar-refractivity contribution < 1.29 is 14.0 Å². The lowest BCUT2D eigenvalue weighted by Gasteiger charge is -2.55. The minimum absolute atomic E-state index is 0.0341. The molecule has 4 aliphatic rings. The predicted molar refractivity (Wildman–Crippen MR) is 124 cm³/mol. The molecule has 0 aromatic carbocycles. The van der Waals surface area contributed by atoms with Crippen LogP contribution in [0.5, 0.6) is 0 Å². The topological polar surface area (TPSA) is 43.4 Å². The van der Waals surface area contributed by atoms with Gasteiger partial charge in [-0.1, -0.05) is 46.8 Å². The van der Waals surface area contributed by atoms with Crippen molar-refractivity contribution in [2.45, 2.75) is 91.3 Å². The molecular formula is C26H40O3Si. The summed E-state index contributed by atoms with van der Waals surface area (Å²) in [6.07, 6.45) is 10.1. The highest BCUT2D eigenvalue weighted by atomic mass is 28.4. The van der Waals surface area contributed by atoms with Crippen LogP contribution in [0.2, 0.25) is 18.1 Å². The number of rotatable bonds is 3. The lowest BCUT2D eigenvalue weighted by molar-refractivity contribution is -0.130. The lowest BCUT2D eigenvalue weighted by Crippen LogP contribution is -2.50. The van der Waals surface area contributed by atoms with Gasteiger partial charge in [-0.3, -0.25) is 9.59 Å². The SMILES string of the molecule is CC(C)(C)[Si](C)(C)OCC1=C2C=C[C@@H]3[C@H](CC[C@]4(C)C(=O)CC[C@@H]34)[C@@]2(C)CCC1=O. The van der Waals surface area contributed by atoms with Gasteiger partial charge in [0.25, 0.3) is 0 Å². The van der Waals surface area contributed by atoms with Gasteiger partial charge in [-0.05, 0) is 72.6 Å². The molecule has 0 spiro atoms. The van der Waals surface area contributed by atoms with E-state index in [9.17, 15) is 9.59 Å². The summed E-state index contributed by atoms with van der Waals surface area (Å²) in [6.45, 7) is 16.3. The molecule has 0 saturated heterocycles. The molecule has 30 heavy (non-hydrogen) atoms. The zero-order valence-corrected chi connectivity index (χ0v) is 21.1. The number of hydrogen-bond donors (Lipinski definition) is 0. The van der Waals surface area contributed by atoms with Gasteiger partial charge in [0.1, 0.15) is 5.78 Å². The molecule has 0 heterocycles. The number of allylic oxidation sites excluding steroid dienone is 3. The number of Topliss-reactive ketones (excluding diaryl/α,β-unsaturated/α-hetero) is 2. The summed E-state index contributed by atoms with van der Waals surface area (Å²) in [5.41, 5.74) is 2.08. The van der Waals surface area contributed by atoms with Crippen molar-refractivity contribution >= 4 is 19.9 Å². The van der Waals surface area contributed by atoms with E-state index in [2.05, 4.69) is 59.9 Å². The molecule has 4 heteroatoms. The van der Waals surface area contributed by atoms with Gasteiger partial charge in [-0.15, -0.1) is 0 Å². The van der Waals surface area contributed by atoms with Crippen LogP contribution in [0.15, 0.2) is 23.3 Å². The first-order chi connectivity index (χ1) is 13.8. The molecule has 4 rings (SSSR count). The molecule has 0 radical (unpaired) electrons. The van der Waals surface area contributed by atoms with Crippen LogP contribution in [-0.4, -0.2) is 26.5 Å². The van der Waals surface area contributed by atoms with Crippen LogP contribution < -0.4 is 0 Å². The Morgan fingerprint density at radius 2 is 1.70 bits per heavy atom. The highest BCUT2D eigenvalue weighted by molar-refractivity contribution is 6.74. The average Bonchev–Trinajstić information content (AvgIpc) is 2.95. The Labute approximate surface area is 183 Å². The largest absolute Gasteiger partial charge is 0.412 e. The molecule has 0 amide bonds. The normalized spacial score (nSPS) is 39.1. The van der Waals surface area contributed by atoms with Crippen LogP contribution >= 0.6 is 0 Å². The number of hydrogen-bond acceptors (Lipinski definition) is 3. The molecule has 3 nitrogen and oxygen atoms in total. The molecule has 0 aliphatic heterocycles. The maximum absolute atomic E-state index is 13.0. The molecule has 0 N–H and O–H groups in total. The zero-order chi connectivity index (χ0) is 22.1. The van der Waals surface area contributed by atoms with Crippen molar-refractivity contribution in [3.8, 4) is 0 Å². The fourth-order valence-electron chi connectivity index (χ4n) is 6.64. The Morgan fingerprint density at radius 1 is 1.03 bits per heavy atom. The summed E-state index contributed by atoms with van der Waals surface area (Å²) >= 11 is 0. The van der Waals surface area contributed by atoms with Crippen molar-refractivity contribution in [2.75, 3.05) is 6.61 Å². The summed E-state index contributed by atoms with van der Waals surface area (Å²) in [5, 5.41) is 0.135. The predicted octanol–water partition coefficient (Wildman–Crippen LogP) is 6.26. The number of ketones is 2. The van der Waals surface area contributed by atoms with Gasteiger partial charge in [0.05, 0.1) is 6.61 Å². The highest BCUT2D eigenvalue weighted by Crippen LogP contribution is 2.63. The van der Waals surface area contributed by atoms with E-state index in [0.717, 1.165) is 37.7 Å². The van der Waals surface area contributed by atoms with E-state index < -0.39 is 8.32 Å². The minimum Gasteiger partial charge on any atom is -0.412 e. The fraction of sp³-hybridized carbons (Fsp3) is 0.769. The molecule has 0 unspecified atom stereocenters. The van der Waals surface area contributed by atoms with E-state index in [1.54, 1.807) is 0 Å². The Morgan fingerprint density at radius 3 is 2.37 bits per heavy atom. The summed E-state index contributed by atoms with van der Waals surface area (Å²) in [6, 6.07) is 0. The molecule has 4 aliphatic carbocycles. The molecule has 5 atom stereocenters. The van der Waals surface area contributed by atoms with E-state index in [1.807, 2.05) is 0 Å². The van der Waals surface area contributed by atoms with Crippen LogP contribution in [0.3, 0.4) is 0 Å². The van der Waals surface area contributed by atoms with Crippen molar-refractivity contribution in [2.24, 2.45) is 28.6 Å². The maximum atomic E-state index is 13.0. The first-order valence-electron chi connectivity index (χ1n) is 11.9. The van der Waals surface area contributed by atoms with Crippen LogP contribution in [0.25, 0.3) is 0 Å². The van der Waals surface area contributed by atoms with Gasteiger partial charge < -0.3 is 4.43 Å². The van der Waals surface area contributed by atoms with Gasteiger partial charge >= 0.3 is 0 Å². The van der Waals surface area contributed by atoms with Crippen LogP contribution in [0.1, 0.15) is 73.1 Å². The average molecular weight is 429 g/mol. The molecule has 0 bridgehead atoms. The van der Waals surface area contributed by atoms with E-state index in [1.165, 1.54) is 5.57 Å². The second-order valence-corrected chi connectivity index (χ2v) is 17.2. The zero-order valence-electron chi connectivity index (χ0n) is 20.1. The van der Waals surface area contributed by atoms with E-state index in [0.29, 0.717) is 36.6 Å². The van der Waals surface area contributed by atoms with Crippen LogP contribution in [0, 0.1) is 28.6 Å². The Balaban J connectivity index is 1.69. The smallest absolute Gasteiger partial charge is 0.192 e. The third kappa shape index (κ3) is 3.16. The van der Waals surface area contributed by atoms with Crippen LogP contribution in [-0.2, 0) is 14.0 Å². The second-order valence-electron chi connectivity index (χ2n) is 12.3. The minimum atomic E-state index is -1.92. The highest BCUT2D eigenvalue weighted by Gasteiger charge is 2.58. The van der Waals surface area contributed by atoms with E-state index in [-0.39, 0.29) is 21.7 Å². The summed E-state index contributed by atoms with van der Waals surface area (Å²) < 4.78 is 6.51. The number of carbonyl (C=O) groups excluding carboxylic acids is 2. The Bertz CT molecular complexity index is 830. The first-order valence-corrected chi connectivity index (χ1v) is 14.8. The molecular weight excluding hydrogens is 388 g/mol. The van der Waals surface area contributed by atoms with E-state index in [4.69, 9.17) is 4.43 Å². The standard InChI is InChI=1S/C26H40O3Si/c1-24(2,3)30(6,7)29-16-18-20-9-8-17-19-10-11-23(28)26(19,5)14-12-21(17)25(20,4)15-13-22(18)27/h8-9,17,19,21H,10-16H2,1-7H3/t17-,19-,21-,25-,26-/m0/s1. The Kier molecular flexibility index (Phi) is 5.18. The quantitative estimate of drug-likeness (QED) is 0.499. The summed E-state index contributed by atoms with van der Waals surface area (Å²) in [7, 11) is -1.92. The molecule has 2 saturated carbocycles. The molecule has 2 fully saturated rings. The molecule has 0 aromatic heterocycles. The van der Waals surface area contributed by atoms with E-state index >= 15 is 0 Å². The third-order valence-electron chi connectivity index (χ3n) is 9.88. The maximum Gasteiger partial charge on any atom is 0.192 e. The van der Waals surface area contributed by atoms with Crippen molar-refractivity contribution in [3.63, 3.8) is 0 Å². The monoisotopic (exact) mass is 428 g/mol. The first kappa shape index (κ1) is 22.2. The lowest BCUT2D eigenvalue weighted by atomic mass is 9.49. The van der Waals surface area contributed by atoms with Gasteiger partial charge in [0, 0.05) is 23.8 Å².